The highest BCUT2D eigenvalue weighted by molar-refractivity contribution is 6.31. The molecule has 0 heterocycles. The summed E-state index contributed by atoms with van der Waals surface area (Å²) in [5.41, 5.74) is 6.82. The van der Waals surface area contributed by atoms with Crippen LogP contribution in [-0.4, -0.2) is 37.5 Å². The van der Waals surface area contributed by atoms with Gasteiger partial charge in [-0.15, -0.1) is 0 Å². The predicted octanol–water partition coefficient (Wildman–Crippen LogP) is 1.80. The van der Waals surface area contributed by atoms with Crippen LogP contribution in [0.25, 0.3) is 0 Å². The molecule has 0 fully saturated rings. The second-order valence-electron chi connectivity index (χ2n) is 4.63. The molecule has 2 atom stereocenters. The van der Waals surface area contributed by atoms with Gasteiger partial charge in [-0.05, 0) is 25.6 Å². The second kappa shape index (κ2) is 7.48. The summed E-state index contributed by atoms with van der Waals surface area (Å²) in [6.07, 6.45) is 0.387. The molecule has 0 aliphatic heterocycles. The third kappa shape index (κ3) is 4.20. The van der Waals surface area contributed by atoms with Crippen molar-refractivity contribution in [3.8, 4) is 0 Å². The Morgan fingerprint density at radius 1 is 1.47 bits per heavy atom. The van der Waals surface area contributed by atoms with Crippen molar-refractivity contribution in [3.63, 3.8) is 0 Å². The number of carbonyl (C=O) groups excluding carboxylic acids is 1. The number of benzene rings is 1. The number of likely N-dealkylation sites (N-methyl/N-ethyl adjacent to an activating group) is 1. The molecule has 0 spiro atoms. The number of hydrogen-bond donors (Lipinski definition) is 2. The van der Waals surface area contributed by atoms with E-state index in [0.717, 1.165) is 10.6 Å². The van der Waals surface area contributed by atoms with Crippen molar-refractivity contribution < 1.29 is 4.79 Å². The zero-order valence-corrected chi connectivity index (χ0v) is 12.4. The van der Waals surface area contributed by atoms with Crippen LogP contribution in [0.15, 0.2) is 24.3 Å². The fourth-order valence-corrected chi connectivity index (χ4v) is 2.35. The fraction of sp³-hybridized carbons (Fsp3) is 0.500. The molecule has 0 aliphatic carbocycles. The van der Waals surface area contributed by atoms with Crippen molar-refractivity contribution in [1.29, 1.82) is 0 Å². The maximum Gasteiger partial charge on any atom is 0.221 e. The minimum atomic E-state index is -0.00813. The number of amides is 1. The molecule has 1 aromatic rings. The smallest absolute Gasteiger partial charge is 0.221 e. The molecule has 1 aromatic carbocycles. The molecule has 5 heteroatoms. The van der Waals surface area contributed by atoms with Gasteiger partial charge in [-0.2, -0.15) is 0 Å². The van der Waals surface area contributed by atoms with Crippen molar-refractivity contribution >= 4 is 17.5 Å². The van der Waals surface area contributed by atoms with Crippen molar-refractivity contribution in [2.45, 2.75) is 25.4 Å². The van der Waals surface area contributed by atoms with E-state index in [1.165, 1.54) is 0 Å². The highest BCUT2D eigenvalue weighted by Crippen LogP contribution is 2.27. The maximum absolute atomic E-state index is 11.5. The Bertz CT molecular complexity index is 425. The molecule has 0 saturated heterocycles. The first-order valence-corrected chi connectivity index (χ1v) is 6.76. The summed E-state index contributed by atoms with van der Waals surface area (Å²) in [7, 11) is 3.60. The summed E-state index contributed by atoms with van der Waals surface area (Å²) in [5, 5.41) is 3.36. The third-order valence-corrected chi connectivity index (χ3v) is 3.86. The van der Waals surface area contributed by atoms with Gasteiger partial charge in [-0.1, -0.05) is 29.8 Å². The summed E-state index contributed by atoms with van der Waals surface area (Å²) >= 11 is 6.21. The van der Waals surface area contributed by atoms with Crippen LogP contribution in [0.2, 0.25) is 5.02 Å². The van der Waals surface area contributed by atoms with E-state index in [9.17, 15) is 4.79 Å². The molecule has 0 aliphatic rings. The molecule has 3 N–H and O–H groups in total. The summed E-state index contributed by atoms with van der Waals surface area (Å²) in [5.74, 6) is -0.00587. The molecule has 106 valence electrons. The first kappa shape index (κ1) is 16.0. The summed E-state index contributed by atoms with van der Waals surface area (Å²) < 4.78 is 0. The third-order valence-electron chi connectivity index (χ3n) is 3.51. The van der Waals surface area contributed by atoms with Gasteiger partial charge in [0, 0.05) is 37.1 Å². The Morgan fingerprint density at radius 2 is 2.11 bits per heavy atom. The van der Waals surface area contributed by atoms with Crippen LogP contribution in [0, 0.1) is 0 Å². The Morgan fingerprint density at radius 3 is 2.63 bits per heavy atom. The number of halogens is 1. The van der Waals surface area contributed by atoms with Gasteiger partial charge in [0.1, 0.15) is 0 Å². The number of carbonyl (C=O) groups is 1. The summed E-state index contributed by atoms with van der Waals surface area (Å²) in [6, 6.07) is 7.83. The Kier molecular flexibility index (Phi) is 6.28. The average Bonchev–Trinajstić information content (AvgIpc) is 2.43. The number of nitrogens with two attached hydrogens (primary N) is 1. The number of hydrogen-bond acceptors (Lipinski definition) is 3. The van der Waals surface area contributed by atoms with E-state index in [1.807, 2.05) is 31.3 Å². The molecular formula is C14H22ClN3O. The van der Waals surface area contributed by atoms with E-state index in [1.54, 1.807) is 7.05 Å². The average molecular weight is 284 g/mol. The van der Waals surface area contributed by atoms with Crippen LogP contribution in [0.1, 0.15) is 24.9 Å². The van der Waals surface area contributed by atoms with E-state index < -0.39 is 0 Å². The van der Waals surface area contributed by atoms with Crippen molar-refractivity contribution in [2.24, 2.45) is 5.73 Å². The molecule has 1 rings (SSSR count). The SMILES string of the molecule is CNC(=O)CC(CN)N(C)C(C)c1ccccc1Cl. The topological polar surface area (TPSA) is 58.4 Å². The quantitative estimate of drug-likeness (QED) is 0.837. The zero-order chi connectivity index (χ0) is 14.4. The maximum atomic E-state index is 11.5. The van der Waals surface area contributed by atoms with Crippen LogP contribution in [0.4, 0.5) is 0 Å². The molecule has 0 saturated carbocycles. The molecule has 2 unspecified atom stereocenters. The molecular weight excluding hydrogens is 262 g/mol. The Balaban J connectivity index is 2.82. The largest absolute Gasteiger partial charge is 0.359 e. The van der Waals surface area contributed by atoms with Gasteiger partial charge < -0.3 is 11.1 Å². The minimum Gasteiger partial charge on any atom is -0.359 e. The molecule has 4 nitrogen and oxygen atoms in total. The standard InChI is InChI=1S/C14H22ClN3O/c1-10(12-6-4-5-7-13(12)15)18(3)11(9-16)8-14(19)17-2/h4-7,10-11H,8-9,16H2,1-3H3,(H,17,19). The van der Waals surface area contributed by atoms with Gasteiger partial charge >= 0.3 is 0 Å². The molecule has 19 heavy (non-hydrogen) atoms. The number of rotatable bonds is 6. The van der Waals surface area contributed by atoms with Gasteiger partial charge in [-0.3, -0.25) is 9.69 Å². The van der Waals surface area contributed by atoms with Gasteiger partial charge in [0.25, 0.3) is 0 Å². The van der Waals surface area contributed by atoms with Crippen LogP contribution in [0.3, 0.4) is 0 Å². The van der Waals surface area contributed by atoms with E-state index in [2.05, 4.69) is 17.1 Å². The van der Waals surface area contributed by atoms with Crippen LogP contribution < -0.4 is 11.1 Å². The molecule has 0 radical (unpaired) electrons. The zero-order valence-electron chi connectivity index (χ0n) is 11.7. The first-order valence-electron chi connectivity index (χ1n) is 6.38. The number of nitrogens with one attached hydrogen (secondary N) is 1. The Hall–Kier alpha value is -1.10. The summed E-state index contributed by atoms with van der Waals surface area (Å²) in [6.45, 7) is 2.49. The van der Waals surface area contributed by atoms with E-state index in [0.29, 0.717) is 13.0 Å². The second-order valence-corrected chi connectivity index (χ2v) is 5.04. The lowest BCUT2D eigenvalue weighted by molar-refractivity contribution is -0.121. The van der Waals surface area contributed by atoms with Crippen LogP contribution in [-0.2, 0) is 4.79 Å². The predicted molar refractivity (Wildman–Crippen MR) is 79.2 cm³/mol. The van der Waals surface area contributed by atoms with Crippen molar-refractivity contribution in [2.75, 3.05) is 20.6 Å². The normalized spacial score (nSPS) is 14.2. The van der Waals surface area contributed by atoms with E-state index in [4.69, 9.17) is 17.3 Å². The van der Waals surface area contributed by atoms with E-state index in [-0.39, 0.29) is 18.0 Å². The van der Waals surface area contributed by atoms with Gasteiger partial charge in [0.2, 0.25) is 5.91 Å². The van der Waals surface area contributed by atoms with Crippen molar-refractivity contribution in [1.82, 2.24) is 10.2 Å². The van der Waals surface area contributed by atoms with E-state index >= 15 is 0 Å². The van der Waals surface area contributed by atoms with Gasteiger partial charge in [-0.25, -0.2) is 0 Å². The first-order chi connectivity index (χ1) is 9.01. The fourth-order valence-electron chi connectivity index (χ4n) is 2.06. The minimum absolute atomic E-state index is 0.00587. The number of nitrogens with zero attached hydrogens (tertiary/aromatic N) is 1. The van der Waals surface area contributed by atoms with Crippen molar-refractivity contribution in [3.05, 3.63) is 34.9 Å². The molecule has 1 amide bonds. The highest BCUT2D eigenvalue weighted by atomic mass is 35.5. The monoisotopic (exact) mass is 283 g/mol. The highest BCUT2D eigenvalue weighted by Gasteiger charge is 2.23. The van der Waals surface area contributed by atoms with Crippen LogP contribution in [0.5, 0.6) is 0 Å². The molecule has 0 aromatic heterocycles. The summed E-state index contributed by atoms with van der Waals surface area (Å²) in [4.78, 5) is 13.6. The van der Waals surface area contributed by atoms with Gasteiger partial charge in [0.05, 0.1) is 0 Å². The lowest BCUT2D eigenvalue weighted by Gasteiger charge is -2.32. The lowest BCUT2D eigenvalue weighted by atomic mass is 10.0. The van der Waals surface area contributed by atoms with Gasteiger partial charge in [0.15, 0.2) is 0 Å². The Labute approximate surface area is 119 Å². The van der Waals surface area contributed by atoms with Crippen LogP contribution >= 0.6 is 11.6 Å². The lowest BCUT2D eigenvalue weighted by Crippen LogP contribution is -2.42. The molecule has 0 bridgehead atoms.